The summed E-state index contributed by atoms with van der Waals surface area (Å²) in [6.45, 7) is 2.28. The Bertz CT molecular complexity index is 87.1. The molecule has 1 nitrogen and oxygen atoms in total. The zero-order valence-electron chi connectivity index (χ0n) is 5.91. The molecule has 0 bridgehead atoms. The molecule has 1 unspecified atom stereocenters. The summed E-state index contributed by atoms with van der Waals surface area (Å²) in [5.41, 5.74) is 0. The quantitative estimate of drug-likeness (QED) is 0.174. The van der Waals surface area contributed by atoms with E-state index in [0.29, 0.717) is 38.4 Å². The first-order valence-corrected chi connectivity index (χ1v) is 13.7. The fraction of sp³-hybridized carbons (Fsp3) is 0.833. The molecular weight excluding hydrogens is 467 g/mol. The van der Waals surface area contributed by atoms with Crippen LogP contribution in [0.3, 0.4) is 0 Å². The van der Waals surface area contributed by atoms with Crippen molar-refractivity contribution < 1.29 is 38.4 Å². The van der Waals surface area contributed by atoms with Crippen LogP contribution in [0, 0.1) is 5.41 Å². The van der Waals surface area contributed by atoms with Crippen molar-refractivity contribution in [2.24, 2.45) is 0 Å². The average molecular weight is 479 g/mol. The molecule has 64 valence electrons. The van der Waals surface area contributed by atoms with Crippen LogP contribution in [0.25, 0.3) is 0 Å². The van der Waals surface area contributed by atoms with Crippen LogP contribution in [-0.4, -0.2) is 19.0 Å². The second-order valence-electron chi connectivity index (χ2n) is 1.85. The van der Waals surface area contributed by atoms with E-state index in [2.05, 4.69) is 25.5 Å². The maximum atomic E-state index is 6.91. The van der Waals surface area contributed by atoms with Crippen LogP contribution in [-0.2, 0) is 0 Å². The van der Waals surface area contributed by atoms with Gasteiger partial charge in [-0.15, -0.1) is 0 Å². The van der Waals surface area contributed by atoms with Gasteiger partial charge in [-0.1, -0.05) is 0 Å². The van der Waals surface area contributed by atoms with Crippen molar-refractivity contribution in [3.63, 3.8) is 0 Å². The van der Waals surface area contributed by atoms with Gasteiger partial charge < -0.3 is 0 Å². The second-order valence-corrected chi connectivity index (χ2v) is 11.5. The van der Waals surface area contributed by atoms with E-state index < -0.39 is 0 Å². The number of alkyl halides is 3. The average Bonchev–Trinajstić information content (AvgIpc) is 1.89. The van der Waals surface area contributed by atoms with Crippen molar-refractivity contribution in [3.8, 4) is 0 Å². The first kappa shape index (κ1) is 11.9. The molecule has 1 atom stereocenters. The number of hydrogen-bond acceptors (Lipinski definition) is 1. The molecule has 0 spiro atoms. The molecule has 0 saturated heterocycles. The third-order valence-corrected chi connectivity index (χ3v) is 9.88. The predicted octanol–water partition coefficient (Wildman–Crippen LogP) is -4.06. The molecule has 0 aromatic carbocycles. The Kier molecular flexibility index (Phi) is 10.6. The Labute approximate surface area is 93.3 Å². The van der Waals surface area contributed by atoms with Gasteiger partial charge in [-0.05, 0) is 0 Å². The molecule has 0 aliphatic rings. The van der Waals surface area contributed by atoms with E-state index in [1.807, 2.05) is 0 Å². The first-order valence-electron chi connectivity index (χ1n) is 3.08. The van der Waals surface area contributed by atoms with Gasteiger partial charge in [-0.2, -0.15) is 0 Å². The minimum atomic E-state index is 0.421. The van der Waals surface area contributed by atoms with Crippen molar-refractivity contribution in [2.75, 3.05) is 8.86 Å². The summed E-state index contributed by atoms with van der Waals surface area (Å²) < 4.78 is 3.84. The third kappa shape index (κ3) is 7.96. The van der Waals surface area contributed by atoms with Crippen LogP contribution in [0.4, 0.5) is 0 Å². The number of rotatable bonds is 6. The molecular formula is C6H12I3N-2. The fourth-order valence-corrected chi connectivity index (χ4v) is 12.1. The Morgan fingerprint density at radius 3 is 2.80 bits per heavy atom. The van der Waals surface area contributed by atoms with Gasteiger partial charge in [-0.25, -0.2) is 0 Å². The number of hydrogen-bond donors (Lipinski definition) is 1. The van der Waals surface area contributed by atoms with Crippen molar-refractivity contribution in [1.29, 1.82) is 5.41 Å². The zero-order chi connectivity index (χ0) is 7.82. The summed E-state index contributed by atoms with van der Waals surface area (Å²) in [7, 11) is 0. The van der Waals surface area contributed by atoms with E-state index in [9.17, 15) is 0 Å². The Hall–Kier alpha value is 1.86. The molecule has 0 heterocycles. The standard InChI is InChI=1S/C6H12I3N/c1-6(2-5-10)8-3-4-9-7/h5-6,10H,2-4H2,1H3/q-2. The van der Waals surface area contributed by atoms with Crippen molar-refractivity contribution in [2.45, 2.75) is 17.3 Å². The van der Waals surface area contributed by atoms with Crippen LogP contribution in [0.5, 0.6) is 0 Å². The van der Waals surface area contributed by atoms with Crippen LogP contribution in [0.2, 0.25) is 0 Å². The van der Waals surface area contributed by atoms with Gasteiger partial charge in [0, 0.05) is 0 Å². The summed E-state index contributed by atoms with van der Waals surface area (Å²) in [5, 5.41) is 6.91. The third-order valence-electron chi connectivity index (χ3n) is 0.958. The molecule has 0 aliphatic carbocycles. The van der Waals surface area contributed by atoms with Crippen molar-refractivity contribution in [3.05, 3.63) is 0 Å². The maximum absolute atomic E-state index is 6.91. The Balaban J connectivity index is 3.04. The molecule has 0 aromatic heterocycles. The molecule has 0 amide bonds. The molecule has 0 saturated carbocycles. The van der Waals surface area contributed by atoms with E-state index in [1.165, 1.54) is 8.86 Å². The fourth-order valence-electron chi connectivity index (χ4n) is 0.480. The van der Waals surface area contributed by atoms with Crippen LogP contribution in [0.1, 0.15) is 13.3 Å². The zero-order valence-corrected chi connectivity index (χ0v) is 12.4. The Morgan fingerprint density at radius 1 is 1.60 bits per heavy atom. The van der Waals surface area contributed by atoms with E-state index in [-0.39, 0.29) is 0 Å². The summed E-state index contributed by atoms with van der Waals surface area (Å²) in [4.78, 5) is 0. The predicted molar refractivity (Wildman–Crippen MR) is 46.6 cm³/mol. The Morgan fingerprint density at radius 2 is 2.30 bits per heavy atom. The van der Waals surface area contributed by atoms with Crippen LogP contribution < -0.4 is 38.4 Å². The van der Waals surface area contributed by atoms with E-state index in [4.69, 9.17) is 5.41 Å². The number of halogens is 3. The van der Waals surface area contributed by atoms with E-state index in [1.54, 1.807) is 6.21 Å². The van der Waals surface area contributed by atoms with Gasteiger partial charge in [0.1, 0.15) is 0 Å². The van der Waals surface area contributed by atoms with Gasteiger partial charge >= 0.3 is 94.8 Å². The topological polar surface area (TPSA) is 23.9 Å². The summed E-state index contributed by atoms with van der Waals surface area (Å²) in [6, 6.07) is 0. The van der Waals surface area contributed by atoms with Crippen LogP contribution >= 0.6 is 18.6 Å². The van der Waals surface area contributed by atoms with Crippen LogP contribution in [0.15, 0.2) is 0 Å². The minimum absolute atomic E-state index is 0.421. The summed E-state index contributed by atoms with van der Waals surface area (Å²) in [6.07, 6.45) is 2.58. The summed E-state index contributed by atoms with van der Waals surface area (Å²) in [5.74, 6) is 0. The van der Waals surface area contributed by atoms with Crippen molar-refractivity contribution >= 4 is 24.8 Å². The van der Waals surface area contributed by atoms with Gasteiger partial charge in [0.05, 0.1) is 0 Å². The number of nitrogens with one attached hydrogen (secondary N) is 1. The summed E-state index contributed by atoms with van der Waals surface area (Å²) >= 11 is 3.47. The molecule has 0 aromatic rings. The second kappa shape index (κ2) is 8.95. The molecule has 0 radical (unpaired) electrons. The van der Waals surface area contributed by atoms with Crippen molar-refractivity contribution in [1.82, 2.24) is 0 Å². The first-order chi connectivity index (χ1) is 4.81. The molecule has 1 N–H and O–H groups in total. The molecule has 0 fully saturated rings. The van der Waals surface area contributed by atoms with Gasteiger partial charge in [0.25, 0.3) is 0 Å². The van der Waals surface area contributed by atoms with Gasteiger partial charge in [0.15, 0.2) is 0 Å². The van der Waals surface area contributed by atoms with Gasteiger partial charge in [0.2, 0.25) is 0 Å². The molecule has 4 heteroatoms. The molecule has 10 heavy (non-hydrogen) atoms. The normalized spacial score (nSPS) is 13.8. The van der Waals surface area contributed by atoms with E-state index in [0.717, 1.165) is 10.3 Å². The van der Waals surface area contributed by atoms with E-state index >= 15 is 0 Å². The monoisotopic (exact) mass is 479 g/mol. The molecule has 0 rings (SSSR count). The SMILES string of the molecule is CC(CC=N)[I-]CC[I-]I. The molecule has 0 aliphatic heterocycles. The van der Waals surface area contributed by atoms with Gasteiger partial charge in [-0.3, -0.25) is 0 Å².